The molecule has 0 unspecified atom stereocenters. The van der Waals surface area contributed by atoms with Crippen LogP contribution in [0, 0.1) is 13.8 Å². The molecule has 1 aromatic heterocycles. The number of carbonyl (C=O) groups excluding carboxylic acids is 1. The largest absolute Gasteiger partial charge is 0.497 e. The summed E-state index contributed by atoms with van der Waals surface area (Å²) < 4.78 is 10.4. The molecule has 3 rings (SSSR count). The second kappa shape index (κ2) is 7.91. The highest BCUT2D eigenvalue weighted by atomic mass is 16.5. The number of aryl methyl sites for hydroxylation is 2. The Morgan fingerprint density at radius 1 is 0.963 bits per heavy atom. The van der Waals surface area contributed by atoms with Gasteiger partial charge in [-0.2, -0.15) is 5.10 Å². The fourth-order valence-electron chi connectivity index (χ4n) is 2.68. The molecule has 0 aliphatic carbocycles. The lowest BCUT2D eigenvalue weighted by Crippen LogP contribution is -1.97. The maximum Gasteiger partial charge on any atom is 0.186 e. The molecule has 0 aliphatic heterocycles. The number of ether oxygens (including phenoxy) is 2. The number of aromatic nitrogens is 2. The average Bonchev–Trinajstić information content (AvgIpc) is 3.16. The van der Waals surface area contributed by atoms with Crippen LogP contribution in [0.1, 0.15) is 27.2 Å². The summed E-state index contributed by atoms with van der Waals surface area (Å²) in [5.74, 6) is 1.00. The molecule has 0 amide bonds. The third kappa shape index (κ3) is 4.26. The van der Waals surface area contributed by atoms with Gasteiger partial charge in [0.2, 0.25) is 0 Å². The lowest BCUT2D eigenvalue weighted by molar-refractivity contribution is 0.104. The molecular formula is C22H22N2O3. The molecule has 5 heteroatoms. The standard InChI is InChI=1S/C22H22N2O3/c1-14-5-6-16(9-15(14)2)21-12-18(23-24-21)7-8-22(25)17-10-19(26-3)13-20(11-17)27-4/h5-13H,1-4H3,(H,23,24)/b8-7+. The third-order valence-electron chi connectivity index (χ3n) is 4.45. The van der Waals surface area contributed by atoms with Gasteiger partial charge >= 0.3 is 0 Å². The predicted molar refractivity (Wildman–Crippen MR) is 106 cm³/mol. The molecule has 3 aromatic rings. The van der Waals surface area contributed by atoms with Crippen LogP contribution in [0.5, 0.6) is 11.5 Å². The van der Waals surface area contributed by atoms with Crippen molar-refractivity contribution in [2.45, 2.75) is 13.8 Å². The van der Waals surface area contributed by atoms with Gasteiger partial charge in [0.1, 0.15) is 11.5 Å². The summed E-state index contributed by atoms with van der Waals surface area (Å²) in [5.41, 5.74) is 5.59. The molecule has 138 valence electrons. The Balaban J connectivity index is 1.79. The van der Waals surface area contributed by atoms with Crippen molar-refractivity contribution in [3.05, 3.63) is 70.9 Å². The van der Waals surface area contributed by atoms with Gasteiger partial charge in [-0.25, -0.2) is 0 Å². The van der Waals surface area contributed by atoms with Crippen molar-refractivity contribution in [2.24, 2.45) is 0 Å². The van der Waals surface area contributed by atoms with Crippen LogP contribution in [0.15, 0.2) is 48.5 Å². The lowest BCUT2D eigenvalue weighted by Gasteiger charge is -2.06. The van der Waals surface area contributed by atoms with Crippen molar-refractivity contribution in [3.63, 3.8) is 0 Å². The molecule has 5 nitrogen and oxygen atoms in total. The smallest absolute Gasteiger partial charge is 0.186 e. The van der Waals surface area contributed by atoms with Crippen molar-refractivity contribution in [1.82, 2.24) is 10.2 Å². The molecule has 1 heterocycles. The van der Waals surface area contributed by atoms with Gasteiger partial charge in [-0.1, -0.05) is 12.1 Å². The fourth-order valence-corrected chi connectivity index (χ4v) is 2.68. The van der Waals surface area contributed by atoms with Gasteiger partial charge in [0.15, 0.2) is 5.78 Å². The van der Waals surface area contributed by atoms with Crippen LogP contribution in [-0.2, 0) is 0 Å². The second-order valence-electron chi connectivity index (χ2n) is 6.31. The first-order chi connectivity index (χ1) is 13.0. The van der Waals surface area contributed by atoms with Crippen LogP contribution in [0.25, 0.3) is 17.3 Å². The summed E-state index contributed by atoms with van der Waals surface area (Å²) in [6, 6.07) is 13.2. The number of nitrogens with one attached hydrogen (secondary N) is 1. The molecular weight excluding hydrogens is 340 g/mol. The van der Waals surface area contributed by atoms with Gasteiger partial charge in [0.05, 0.1) is 25.6 Å². The van der Waals surface area contributed by atoms with E-state index in [1.54, 1.807) is 38.5 Å². The minimum absolute atomic E-state index is 0.144. The van der Waals surface area contributed by atoms with E-state index in [0.717, 1.165) is 17.0 Å². The number of ketones is 1. The Labute approximate surface area is 158 Å². The zero-order valence-electron chi connectivity index (χ0n) is 15.9. The number of rotatable bonds is 6. The maximum absolute atomic E-state index is 12.5. The predicted octanol–water partition coefficient (Wildman–Crippen LogP) is 4.61. The van der Waals surface area contributed by atoms with Gasteiger partial charge in [-0.3, -0.25) is 9.89 Å². The zero-order chi connectivity index (χ0) is 19.4. The summed E-state index contributed by atoms with van der Waals surface area (Å²) in [6.45, 7) is 4.16. The minimum Gasteiger partial charge on any atom is -0.497 e. The third-order valence-corrected chi connectivity index (χ3v) is 4.45. The zero-order valence-corrected chi connectivity index (χ0v) is 15.9. The van der Waals surface area contributed by atoms with Crippen molar-refractivity contribution < 1.29 is 14.3 Å². The van der Waals surface area contributed by atoms with Crippen LogP contribution in [0.3, 0.4) is 0 Å². The van der Waals surface area contributed by atoms with E-state index in [4.69, 9.17) is 9.47 Å². The van der Waals surface area contributed by atoms with Crippen molar-refractivity contribution in [1.29, 1.82) is 0 Å². The molecule has 0 saturated heterocycles. The molecule has 0 fully saturated rings. The number of hydrogen-bond acceptors (Lipinski definition) is 4. The number of nitrogens with zero attached hydrogens (tertiary/aromatic N) is 1. The van der Waals surface area contributed by atoms with Crippen LogP contribution >= 0.6 is 0 Å². The summed E-state index contributed by atoms with van der Waals surface area (Å²) in [5, 5.41) is 7.29. The van der Waals surface area contributed by atoms with Gasteiger partial charge in [0, 0.05) is 17.2 Å². The van der Waals surface area contributed by atoms with E-state index in [9.17, 15) is 4.79 Å². The van der Waals surface area contributed by atoms with E-state index in [1.165, 1.54) is 17.2 Å². The molecule has 27 heavy (non-hydrogen) atoms. The molecule has 2 aromatic carbocycles. The average molecular weight is 362 g/mol. The molecule has 0 spiro atoms. The van der Waals surface area contributed by atoms with E-state index >= 15 is 0 Å². The number of hydrogen-bond donors (Lipinski definition) is 1. The number of H-pyrrole nitrogens is 1. The molecule has 0 aliphatic rings. The number of aromatic amines is 1. The number of methoxy groups -OCH3 is 2. The summed E-state index contributed by atoms with van der Waals surface area (Å²) >= 11 is 0. The van der Waals surface area contributed by atoms with Crippen LogP contribution in [0.4, 0.5) is 0 Å². The fraction of sp³-hybridized carbons (Fsp3) is 0.182. The topological polar surface area (TPSA) is 64.2 Å². The first kappa shape index (κ1) is 18.5. The molecule has 0 atom stereocenters. The number of allylic oxidation sites excluding steroid dienone is 1. The van der Waals surface area contributed by atoms with E-state index in [-0.39, 0.29) is 5.78 Å². The Morgan fingerprint density at radius 3 is 2.30 bits per heavy atom. The van der Waals surface area contributed by atoms with E-state index in [2.05, 4.69) is 36.2 Å². The van der Waals surface area contributed by atoms with Crippen LogP contribution in [0.2, 0.25) is 0 Å². The highest BCUT2D eigenvalue weighted by Crippen LogP contribution is 2.24. The summed E-state index contributed by atoms with van der Waals surface area (Å²) in [6.07, 6.45) is 3.22. The van der Waals surface area contributed by atoms with Crippen molar-refractivity contribution in [2.75, 3.05) is 14.2 Å². The summed E-state index contributed by atoms with van der Waals surface area (Å²) in [4.78, 5) is 12.5. The second-order valence-corrected chi connectivity index (χ2v) is 6.31. The Hall–Kier alpha value is -3.34. The van der Waals surface area contributed by atoms with Crippen molar-refractivity contribution in [3.8, 4) is 22.8 Å². The number of benzene rings is 2. The first-order valence-electron chi connectivity index (χ1n) is 8.58. The van der Waals surface area contributed by atoms with E-state index in [1.807, 2.05) is 12.1 Å². The summed E-state index contributed by atoms with van der Waals surface area (Å²) in [7, 11) is 3.11. The molecule has 0 radical (unpaired) electrons. The SMILES string of the molecule is COc1cc(OC)cc(C(=O)/C=C/c2cc(-c3ccc(C)c(C)c3)n[nH]2)c1. The van der Waals surface area contributed by atoms with E-state index < -0.39 is 0 Å². The first-order valence-corrected chi connectivity index (χ1v) is 8.58. The molecule has 0 saturated carbocycles. The van der Waals surface area contributed by atoms with Gasteiger partial charge in [-0.15, -0.1) is 0 Å². The van der Waals surface area contributed by atoms with Crippen molar-refractivity contribution >= 4 is 11.9 Å². The quantitative estimate of drug-likeness (QED) is 0.514. The van der Waals surface area contributed by atoms with Gasteiger partial charge in [0.25, 0.3) is 0 Å². The highest BCUT2D eigenvalue weighted by molar-refractivity contribution is 6.07. The van der Waals surface area contributed by atoms with Crippen LogP contribution in [-0.4, -0.2) is 30.2 Å². The maximum atomic E-state index is 12.5. The Bertz CT molecular complexity index is 980. The molecule has 0 bridgehead atoms. The van der Waals surface area contributed by atoms with Gasteiger partial charge in [-0.05, 0) is 61.4 Å². The normalized spacial score (nSPS) is 11.0. The Morgan fingerprint density at radius 2 is 1.67 bits per heavy atom. The highest BCUT2D eigenvalue weighted by Gasteiger charge is 2.08. The lowest BCUT2D eigenvalue weighted by atomic mass is 10.0. The molecule has 1 N–H and O–H groups in total. The van der Waals surface area contributed by atoms with E-state index in [0.29, 0.717) is 17.1 Å². The minimum atomic E-state index is -0.144. The number of carbonyl (C=O) groups is 1. The monoisotopic (exact) mass is 362 g/mol. The van der Waals surface area contributed by atoms with Gasteiger partial charge < -0.3 is 9.47 Å². The Kier molecular flexibility index (Phi) is 5.41. The van der Waals surface area contributed by atoms with Crippen LogP contribution < -0.4 is 9.47 Å².